The van der Waals surface area contributed by atoms with Gasteiger partial charge in [0.1, 0.15) is 10.8 Å². The maximum absolute atomic E-state index is 5.59. The number of thiocarbonyl (C=S) groups is 1. The summed E-state index contributed by atoms with van der Waals surface area (Å²) < 4.78 is 0. The number of benzene rings is 1. The number of rotatable bonds is 5. The molecule has 3 N–H and O–H groups in total. The molecule has 3 nitrogen and oxygen atoms in total. The molecule has 0 spiro atoms. The zero-order chi connectivity index (χ0) is 13.7. The molecule has 0 saturated carbocycles. The van der Waals surface area contributed by atoms with Crippen LogP contribution in [-0.2, 0) is 6.42 Å². The average molecular weight is 271 g/mol. The number of hydrogen-bond donors (Lipinski definition) is 2. The van der Waals surface area contributed by atoms with Crippen molar-refractivity contribution < 1.29 is 0 Å². The van der Waals surface area contributed by atoms with Crippen LogP contribution in [0.4, 0.5) is 11.5 Å². The molecule has 4 heteroatoms. The van der Waals surface area contributed by atoms with Gasteiger partial charge in [0, 0.05) is 5.69 Å². The first kappa shape index (κ1) is 13.5. The van der Waals surface area contributed by atoms with Crippen molar-refractivity contribution in [1.29, 1.82) is 0 Å². The summed E-state index contributed by atoms with van der Waals surface area (Å²) in [4.78, 5) is 4.70. The van der Waals surface area contributed by atoms with E-state index in [0.717, 1.165) is 24.3 Å². The summed E-state index contributed by atoms with van der Waals surface area (Å²) in [5.41, 5.74) is 8.59. The van der Waals surface area contributed by atoms with Gasteiger partial charge in [-0.05, 0) is 30.2 Å². The lowest BCUT2D eigenvalue weighted by atomic mass is 10.1. The Balaban J connectivity index is 2.26. The number of pyridine rings is 1. The van der Waals surface area contributed by atoms with E-state index >= 15 is 0 Å². The highest BCUT2D eigenvalue weighted by Crippen LogP contribution is 2.21. The van der Waals surface area contributed by atoms with Crippen LogP contribution < -0.4 is 11.1 Å². The Labute approximate surface area is 118 Å². The molecule has 2 aromatic rings. The fourth-order valence-electron chi connectivity index (χ4n) is 1.91. The Bertz CT molecular complexity index is 581. The number of aryl methyl sites for hydroxylation is 1. The van der Waals surface area contributed by atoms with E-state index in [-0.39, 0.29) is 0 Å². The first-order valence-corrected chi connectivity index (χ1v) is 6.73. The number of nitrogens with zero attached hydrogens (tertiary/aromatic N) is 1. The molecule has 0 amide bonds. The highest BCUT2D eigenvalue weighted by atomic mass is 32.1. The van der Waals surface area contributed by atoms with Gasteiger partial charge in [0.15, 0.2) is 0 Å². The summed E-state index contributed by atoms with van der Waals surface area (Å²) >= 11 is 4.94. The van der Waals surface area contributed by atoms with Crippen LogP contribution in [-0.4, -0.2) is 9.97 Å². The van der Waals surface area contributed by atoms with Crippen LogP contribution in [0.15, 0.2) is 42.5 Å². The van der Waals surface area contributed by atoms with Crippen LogP contribution in [0.5, 0.6) is 0 Å². The minimum absolute atomic E-state index is 0.311. The molecule has 1 heterocycles. The summed E-state index contributed by atoms with van der Waals surface area (Å²) in [5.74, 6) is 0.758. The minimum Gasteiger partial charge on any atom is -0.388 e. The van der Waals surface area contributed by atoms with Gasteiger partial charge in [-0.1, -0.05) is 49.8 Å². The molecule has 0 fully saturated rings. The van der Waals surface area contributed by atoms with Crippen LogP contribution in [0.2, 0.25) is 0 Å². The maximum atomic E-state index is 5.59. The number of hydrogen-bond acceptors (Lipinski definition) is 3. The molecule has 0 radical (unpaired) electrons. The van der Waals surface area contributed by atoms with Crippen LogP contribution in [0, 0.1) is 0 Å². The number of para-hydroxylation sites is 1. The summed E-state index contributed by atoms with van der Waals surface area (Å²) in [6, 6.07) is 13.9. The van der Waals surface area contributed by atoms with Crippen molar-refractivity contribution in [3.8, 4) is 0 Å². The van der Waals surface area contributed by atoms with Crippen molar-refractivity contribution in [1.82, 2.24) is 4.98 Å². The third-order valence-corrected chi connectivity index (χ3v) is 3.01. The number of anilines is 2. The molecule has 0 bridgehead atoms. The van der Waals surface area contributed by atoms with Gasteiger partial charge in [-0.25, -0.2) is 4.98 Å². The maximum Gasteiger partial charge on any atom is 0.131 e. The van der Waals surface area contributed by atoms with Gasteiger partial charge < -0.3 is 11.1 Å². The molecule has 0 aliphatic carbocycles. The monoisotopic (exact) mass is 271 g/mol. The molecule has 0 saturated heterocycles. The number of aromatic nitrogens is 1. The predicted molar refractivity (Wildman–Crippen MR) is 83.8 cm³/mol. The Morgan fingerprint density at radius 1 is 1.21 bits per heavy atom. The van der Waals surface area contributed by atoms with Crippen molar-refractivity contribution in [2.45, 2.75) is 19.8 Å². The Morgan fingerprint density at radius 2 is 2.00 bits per heavy atom. The van der Waals surface area contributed by atoms with Crippen LogP contribution in [0.25, 0.3) is 0 Å². The van der Waals surface area contributed by atoms with Crippen molar-refractivity contribution in [2.24, 2.45) is 5.73 Å². The second-order valence-electron chi connectivity index (χ2n) is 4.30. The van der Waals surface area contributed by atoms with Crippen molar-refractivity contribution >= 4 is 28.7 Å². The first-order chi connectivity index (χ1) is 9.20. The van der Waals surface area contributed by atoms with Gasteiger partial charge in [-0.15, -0.1) is 0 Å². The summed E-state index contributed by atoms with van der Waals surface area (Å²) in [5, 5.41) is 3.33. The van der Waals surface area contributed by atoms with E-state index in [1.54, 1.807) is 0 Å². The SMILES string of the molecule is CCCc1ccccc1Nc1cccc(C(N)=S)n1. The van der Waals surface area contributed by atoms with E-state index in [9.17, 15) is 0 Å². The zero-order valence-corrected chi connectivity index (χ0v) is 11.7. The van der Waals surface area contributed by atoms with E-state index in [1.807, 2.05) is 24.3 Å². The Hall–Kier alpha value is -1.94. The second kappa shape index (κ2) is 6.29. The molecule has 1 aromatic carbocycles. The Kier molecular flexibility index (Phi) is 4.47. The third-order valence-electron chi connectivity index (χ3n) is 2.80. The molecule has 2 rings (SSSR count). The highest BCUT2D eigenvalue weighted by molar-refractivity contribution is 7.80. The molecule has 1 aromatic heterocycles. The average Bonchev–Trinajstić information content (AvgIpc) is 2.41. The van der Waals surface area contributed by atoms with Crippen molar-refractivity contribution in [3.05, 3.63) is 53.7 Å². The van der Waals surface area contributed by atoms with Gasteiger partial charge in [-0.3, -0.25) is 0 Å². The van der Waals surface area contributed by atoms with Crippen LogP contribution >= 0.6 is 12.2 Å². The fraction of sp³-hybridized carbons (Fsp3) is 0.200. The molecular weight excluding hydrogens is 254 g/mol. The minimum atomic E-state index is 0.311. The number of nitrogens with one attached hydrogen (secondary N) is 1. The fourth-order valence-corrected chi connectivity index (χ4v) is 2.02. The van der Waals surface area contributed by atoms with Gasteiger partial charge in [-0.2, -0.15) is 0 Å². The standard InChI is InChI=1S/C15H17N3S/c1-2-6-11-7-3-4-8-12(11)17-14-10-5-9-13(18-14)15(16)19/h3-5,7-10H,2,6H2,1H3,(H2,16,19)(H,17,18). The van der Waals surface area contributed by atoms with E-state index < -0.39 is 0 Å². The largest absolute Gasteiger partial charge is 0.388 e. The van der Waals surface area contributed by atoms with Gasteiger partial charge in [0.05, 0.1) is 5.69 Å². The Morgan fingerprint density at radius 3 is 2.74 bits per heavy atom. The van der Waals surface area contributed by atoms with Crippen LogP contribution in [0.1, 0.15) is 24.6 Å². The van der Waals surface area contributed by atoms with Gasteiger partial charge in [0.2, 0.25) is 0 Å². The van der Waals surface area contributed by atoms with Crippen molar-refractivity contribution in [3.63, 3.8) is 0 Å². The quantitative estimate of drug-likeness (QED) is 0.818. The predicted octanol–water partition coefficient (Wildman–Crippen LogP) is 3.41. The zero-order valence-electron chi connectivity index (χ0n) is 10.9. The molecular formula is C15H17N3S. The second-order valence-corrected chi connectivity index (χ2v) is 4.74. The summed E-state index contributed by atoms with van der Waals surface area (Å²) in [7, 11) is 0. The lowest BCUT2D eigenvalue weighted by molar-refractivity contribution is 0.923. The van der Waals surface area contributed by atoms with Gasteiger partial charge >= 0.3 is 0 Å². The third kappa shape index (κ3) is 3.51. The molecule has 0 unspecified atom stereocenters. The molecule has 0 atom stereocenters. The first-order valence-electron chi connectivity index (χ1n) is 6.32. The van der Waals surface area contributed by atoms with E-state index in [2.05, 4.69) is 35.4 Å². The molecule has 98 valence electrons. The number of nitrogens with two attached hydrogens (primary N) is 1. The summed E-state index contributed by atoms with van der Waals surface area (Å²) in [6.07, 6.45) is 2.15. The van der Waals surface area contributed by atoms with Crippen LogP contribution in [0.3, 0.4) is 0 Å². The topological polar surface area (TPSA) is 50.9 Å². The highest BCUT2D eigenvalue weighted by Gasteiger charge is 2.04. The lowest BCUT2D eigenvalue weighted by Gasteiger charge is -2.11. The molecule has 0 aliphatic rings. The summed E-state index contributed by atoms with van der Waals surface area (Å²) in [6.45, 7) is 2.17. The normalized spacial score (nSPS) is 10.2. The smallest absolute Gasteiger partial charge is 0.131 e. The van der Waals surface area contributed by atoms with Crippen molar-refractivity contribution in [2.75, 3.05) is 5.32 Å². The van der Waals surface area contributed by atoms with Gasteiger partial charge in [0.25, 0.3) is 0 Å². The van der Waals surface area contributed by atoms with E-state index in [1.165, 1.54) is 5.56 Å². The van der Waals surface area contributed by atoms with E-state index in [0.29, 0.717) is 10.7 Å². The van der Waals surface area contributed by atoms with E-state index in [4.69, 9.17) is 18.0 Å². The molecule has 19 heavy (non-hydrogen) atoms. The molecule has 0 aliphatic heterocycles. The lowest BCUT2D eigenvalue weighted by Crippen LogP contribution is -2.12.